The highest BCUT2D eigenvalue weighted by Crippen LogP contribution is 2.23. The third-order valence-electron chi connectivity index (χ3n) is 3.36. The summed E-state index contributed by atoms with van der Waals surface area (Å²) in [6.45, 7) is 4.30. The van der Waals surface area contributed by atoms with Gasteiger partial charge >= 0.3 is 0 Å². The first-order valence-corrected chi connectivity index (χ1v) is 8.97. The number of nitrogens with zero attached hydrogens (tertiary/aromatic N) is 3. The molecule has 0 saturated carbocycles. The molecule has 0 aliphatic heterocycles. The SMILES string of the molecule is C=CCn1cnnc1SCC(=O)Nc1ccc(Oc2ccccc2)cc1. The Morgan fingerprint density at radius 3 is 2.62 bits per heavy atom. The highest BCUT2D eigenvalue weighted by molar-refractivity contribution is 7.99. The molecule has 0 atom stereocenters. The maximum atomic E-state index is 12.1. The molecule has 1 N–H and O–H groups in total. The average Bonchev–Trinajstić information content (AvgIpc) is 3.10. The van der Waals surface area contributed by atoms with Gasteiger partial charge in [-0.05, 0) is 36.4 Å². The van der Waals surface area contributed by atoms with E-state index < -0.39 is 0 Å². The van der Waals surface area contributed by atoms with Gasteiger partial charge in [0.2, 0.25) is 5.91 Å². The topological polar surface area (TPSA) is 69.0 Å². The van der Waals surface area contributed by atoms with E-state index in [9.17, 15) is 4.79 Å². The lowest BCUT2D eigenvalue weighted by Crippen LogP contribution is -2.14. The number of rotatable bonds is 8. The Kier molecular flexibility index (Phi) is 6.05. The van der Waals surface area contributed by atoms with Crippen molar-refractivity contribution in [3.8, 4) is 11.5 Å². The largest absolute Gasteiger partial charge is 0.457 e. The molecule has 132 valence electrons. The van der Waals surface area contributed by atoms with Crippen LogP contribution in [-0.4, -0.2) is 26.4 Å². The van der Waals surface area contributed by atoms with Crippen LogP contribution in [-0.2, 0) is 11.3 Å². The zero-order valence-electron chi connectivity index (χ0n) is 14.0. The molecule has 3 aromatic rings. The van der Waals surface area contributed by atoms with E-state index in [2.05, 4.69) is 22.1 Å². The molecular weight excluding hydrogens is 348 g/mol. The predicted octanol–water partition coefficient (Wildman–Crippen LogP) is 3.99. The fraction of sp³-hybridized carbons (Fsp3) is 0.105. The fourth-order valence-electron chi connectivity index (χ4n) is 2.18. The molecule has 0 radical (unpaired) electrons. The number of thioether (sulfide) groups is 1. The van der Waals surface area contributed by atoms with Crippen molar-refractivity contribution < 1.29 is 9.53 Å². The highest BCUT2D eigenvalue weighted by atomic mass is 32.2. The van der Waals surface area contributed by atoms with Crippen molar-refractivity contribution in [2.75, 3.05) is 11.1 Å². The first kappa shape index (κ1) is 17.8. The Labute approximate surface area is 155 Å². The maximum absolute atomic E-state index is 12.1. The number of carbonyl (C=O) groups is 1. The van der Waals surface area contributed by atoms with E-state index in [1.165, 1.54) is 11.8 Å². The van der Waals surface area contributed by atoms with Crippen LogP contribution < -0.4 is 10.1 Å². The second kappa shape index (κ2) is 8.87. The van der Waals surface area contributed by atoms with E-state index in [0.717, 1.165) is 5.75 Å². The van der Waals surface area contributed by atoms with E-state index >= 15 is 0 Å². The lowest BCUT2D eigenvalue weighted by molar-refractivity contribution is -0.113. The summed E-state index contributed by atoms with van der Waals surface area (Å²) in [4.78, 5) is 12.1. The molecule has 0 aliphatic carbocycles. The minimum absolute atomic E-state index is 0.111. The summed E-state index contributed by atoms with van der Waals surface area (Å²) in [6, 6.07) is 16.8. The lowest BCUT2D eigenvalue weighted by Gasteiger charge is -2.08. The number of nitrogens with one attached hydrogen (secondary N) is 1. The molecule has 1 aromatic heterocycles. The van der Waals surface area contributed by atoms with Crippen LogP contribution in [0.4, 0.5) is 5.69 Å². The number of carbonyl (C=O) groups excluding carboxylic acids is 1. The quantitative estimate of drug-likeness (QED) is 0.482. The van der Waals surface area contributed by atoms with Gasteiger partial charge in [0.05, 0.1) is 5.75 Å². The van der Waals surface area contributed by atoms with Gasteiger partial charge in [0, 0.05) is 12.2 Å². The van der Waals surface area contributed by atoms with Crippen molar-refractivity contribution in [3.63, 3.8) is 0 Å². The van der Waals surface area contributed by atoms with E-state index in [1.54, 1.807) is 24.5 Å². The van der Waals surface area contributed by atoms with Crippen molar-refractivity contribution >= 4 is 23.4 Å². The third-order valence-corrected chi connectivity index (χ3v) is 4.34. The number of hydrogen-bond acceptors (Lipinski definition) is 5. The summed E-state index contributed by atoms with van der Waals surface area (Å²) in [6.07, 6.45) is 3.37. The number of benzene rings is 2. The number of hydrogen-bond donors (Lipinski definition) is 1. The van der Waals surface area contributed by atoms with Crippen LogP contribution in [0.15, 0.2) is 78.7 Å². The van der Waals surface area contributed by atoms with E-state index in [-0.39, 0.29) is 11.7 Å². The predicted molar refractivity (Wildman–Crippen MR) is 103 cm³/mol. The number of ether oxygens (including phenoxy) is 1. The molecule has 2 aromatic carbocycles. The number of amides is 1. The monoisotopic (exact) mass is 366 g/mol. The summed E-state index contributed by atoms with van der Waals surface area (Å²) in [5, 5.41) is 11.4. The Balaban J connectivity index is 1.51. The van der Waals surface area contributed by atoms with Crippen LogP contribution in [0.3, 0.4) is 0 Å². The van der Waals surface area contributed by atoms with Crippen LogP contribution in [0.2, 0.25) is 0 Å². The van der Waals surface area contributed by atoms with Crippen LogP contribution >= 0.6 is 11.8 Å². The molecule has 26 heavy (non-hydrogen) atoms. The van der Waals surface area contributed by atoms with Gasteiger partial charge in [-0.15, -0.1) is 16.8 Å². The standard InChI is InChI=1S/C19H18N4O2S/c1-2-12-23-14-20-22-19(23)26-13-18(24)21-15-8-10-17(11-9-15)25-16-6-4-3-5-7-16/h2-11,14H,1,12-13H2,(H,21,24). The van der Waals surface area contributed by atoms with Crippen LogP contribution in [0.25, 0.3) is 0 Å². The number of aromatic nitrogens is 3. The molecule has 0 saturated heterocycles. The van der Waals surface area contributed by atoms with E-state index in [1.807, 2.05) is 47.0 Å². The van der Waals surface area contributed by atoms with Crippen molar-refractivity contribution in [1.29, 1.82) is 0 Å². The molecule has 0 spiro atoms. The Bertz CT molecular complexity index is 863. The summed E-state index contributed by atoms with van der Waals surface area (Å²) >= 11 is 1.33. The summed E-state index contributed by atoms with van der Waals surface area (Å²) < 4.78 is 7.56. The van der Waals surface area contributed by atoms with Crippen molar-refractivity contribution in [3.05, 3.63) is 73.6 Å². The molecule has 1 amide bonds. The lowest BCUT2D eigenvalue weighted by atomic mass is 10.3. The fourth-order valence-corrected chi connectivity index (χ4v) is 2.90. The number of anilines is 1. The van der Waals surface area contributed by atoms with Gasteiger partial charge in [-0.3, -0.25) is 4.79 Å². The van der Waals surface area contributed by atoms with Gasteiger partial charge in [0.25, 0.3) is 0 Å². The van der Waals surface area contributed by atoms with Crippen molar-refractivity contribution in [1.82, 2.24) is 14.8 Å². The first-order valence-electron chi connectivity index (χ1n) is 7.99. The molecular formula is C19H18N4O2S. The maximum Gasteiger partial charge on any atom is 0.234 e. The van der Waals surface area contributed by atoms with Gasteiger partial charge in [-0.25, -0.2) is 0 Å². The Morgan fingerprint density at radius 2 is 1.88 bits per heavy atom. The zero-order valence-corrected chi connectivity index (χ0v) is 14.9. The molecule has 0 aliphatic rings. The van der Waals surface area contributed by atoms with Gasteiger partial charge in [0.15, 0.2) is 5.16 Å². The molecule has 1 heterocycles. The van der Waals surface area contributed by atoms with Crippen LogP contribution in [0, 0.1) is 0 Å². The minimum atomic E-state index is -0.111. The number of allylic oxidation sites excluding steroid dienone is 1. The first-order chi connectivity index (χ1) is 12.7. The molecule has 0 bridgehead atoms. The Hall–Kier alpha value is -3.06. The molecule has 7 heteroatoms. The smallest absolute Gasteiger partial charge is 0.234 e. The minimum Gasteiger partial charge on any atom is -0.457 e. The third kappa shape index (κ3) is 4.97. The Morgan fingerprint density at radius 1 is 1.15 bits per heavy atom. The molecule has 0 unspecified atom stereocenters. The summed E-state index contributed by atoms with van der Waals surface area (Å²) in [5.41, 5.74) is 0.712. The average molecular weight is 366 g/mol. The normalized spacial score (nSPS) is 10.3. The summed E-state index contributed by atoms with van der Waals surface area (Å²) in [5.74, 6) is 1.61. The molecule has 0 fully saturated rings. The highest BCUT2D eigenvalue weighted by Gasteiger charge is 2.08. The van der Waals surface area contributed by atoms with E-state index in [4.69, 9.17) is 4.74 Å². The van der Waals surface area contributed by atoms with Gasteiger partial charge in [0.1, 0.15) is 17.8 Å². The zero-order chi connectivity index (χ0) is 18.2. The van der Waals surface area contributed by atoms with Crippen molar-refractivity contribution in [2.24, 2.45) is 0 Å². The van der Waals surface area contributed by atoms with Gasteiger partial charge in [-0.2, -0.15) is 0 Å². The van der Waals surface area contributed by atoms with Gasteiger partial charge < -0.3 is 14.6 Å². The van der Waals surface area contributed by atoms with Crippen molar-refractivity contribution in [2.45, 2.75) is 11.7 Å². The summed E-state index contributed by atoms with van der Waals surface area (Å²) in [7, 11) is 0. The van der Waals surface area contributed by atoms with Gasteiger partial charge in [-0.1, -0.05) is 36.0 Å². The van der Waals surface area contributed by atoms with Crippen LogP contribution in [0.5, 0.6) is 11.5 Å². The molecule has 3 rings (SSSR count). The molecule has 6 nitrogen and oxygen atoms in total. The second-order valence-electron chi connectivity index (χ2n) is 5.33. The van der Waals surface area contributed by atoms with E-state index in [0.29, 0.717) is 23.1 Å². The second-order valence-corrected chi connectivity index (χ2v) is 6.27. The van der Waals surface area contributed by atoms with Crippen LogP contribution in [0.1, 0.15) is 0 Å². The number of para-hydroxylation sites is 1.